The van der Waals surface area contributed by atoms with Gasteiger partial charge >= 0.3 is 0 Å². The SMILES string of the molecule is COCCC(C)N[C@@H](C)c1cccc(Cl)c1. The Bertz CT molecular complexity index is 317. The van der Waals surface area contributed by atoms with Crippen molar-refractivity contribution in [1.82, 2.24) is 5.32 Å². The van der Waals surface area contributed by atoms with Crippen molar-refractivity contribution in [2.45, 2.75) is 32.4 Å². The number of halogens is 1. The minimum absolute atomic E-state index is 0.311. The van der Waals surface area contributed by atoms with E-state index in [1.54, 1.807) is 7.11 Å². The van der Waals surface area contributed by atoms with Crippen LogP contribution in [0.5, 0.6) is 0 Å². The van der Waals surface area contributed by atoms with E-state index in [1.807, 2.05) is 18.2 Å². The zero-order valence-corrected chi connectivity index (χ0v) is 10.9. The molecular formula is C13H20ClNO. The zero-order chi connectivity index (χ0) is 12.0. The summed E-state index contributed by atoms with van der Waals surface area (Å²) in [7, 11) is 1.73. The summed E-state index contributed by atoms with van der Waals surface area (Å²) in [6.07, 6.45) is 1.02. The Balaban J connectivity index is 2.48. The normalized spacial score (nSPS) is 14.8. The molecule has 0 amide bonds. The molecule has 0 aliphatic carbocycles. The van der Waals surface area contributed by atoms with Gasteiger partial charge in [0.05, 0.1) is 0 Å². The van der Waals surface area contributed by atoms with E-state index in [0.29, 0.717) is 12.1 Å². The van der Waals surface area contributed by atoms with Crippen LogP contribution < -0.4 is 5.32 Å². The van der Waals surface area contributed by atoms with Crippen LogP contribution in [0.25, 0.3) is 0 Å². The summed E-state index contributed by atoms with van der Waals surface area (Å²) in [6.45, 7) is 5.10. The van der Waals surface area contributed by atoms with Gasteiger partial charge in [-0.05, 0) is 38.0 Å². The molecule has 0 saturated heterocycles. The highest BCUT2D eigenvalue weighted by atomic mass is 35.5. The molecule has 0 saturated carbocycles. The Hall–Kier alpha value is -0.570. The number of hydrogen-bond acceptors (Lipinski definition) is 2. The van der Waals surface area contributed by atoms with Crippen molar-refractivity contribution < 1.29 is 4.74 Å². The number of nitrogens with one attached hydrogen (secondary N) is 1. The molecule has 0 fully saturated rings. The van der Waals surface area contributed by atoms with Crippen LogP contribution in [-0.4, -0.2) is 19.8 Å². The first kappa shape index (κ1) is 13.5. The number of rotatable bonds is 6. The van der Waals surface area contributed by atoms with Gasteiger partial charge in [0.15, 0.2) is 0 Å². The van der Waals surface area contributed by atoms with Gasteiger partial charge in [-0.3, -0.25) is 0 Å². The van der Waals surface area contributed by atoms with Crippen LogP contribution in [0.4, 0.5) is 0 Å². The Morgan fingerprint density at radius 3 is 2.75 bits per heavy atom. The molecule has 16 heavy (non-hydrogen) atoms. The van der Waals surface area contributed by atoms with Crippen LogP contribution in [0.3, 0.4) is 0 Å². The molecule has 0 radical (unpaired) electrons. The molecule has 1 unspecified atom stereocenters. The van der Waals surface area contributed by atoms with Crippen LogP contribution in [0.2, 0.25) is 5.02 Å². The average molecular weight is 242 g/mol. The second-order valence-corrected chi connectivity index (χ2v) is 4.56. The highest BCUT2D eigenvalue weighted by Gasteiger charge is 2.09. The molecule has 1 aromatic rings. The molecule has 2 atom stereocenters. The minimum Gasteiger partial charge on any atom is -0.385 e. The van der Waals surface area contributed by atoms with Gasteiger partial charge in [0.25, 0.3) is 0 Å². The van der Waals surface area contributed by atoms with Crippen molar-refractivity contribution in [2.75, 3.05) is 13.7 Å². The van der Waals surface area contributed by atoms with Gasteiger partial charge in [-0.15, -0.1) is 0 Å². The lowest BCUT2D eigenvalue weighted by Gasteiger charge is -2.20. The van der Waals surface area contributed by atoms with Crippen molar-refractivity contribution >= 4 is 11.6 Å². The molecule has 1 rings (SSSR count). The number of ether oxygens (including phenoxy) is 1. The second kappa shape index (κ2) is 6.89. The van der Waals surface area contributed by atoms with Gasteiger partial charge < -0.3 is 10.1 Å². The average Bonchev–Trinajstić information content (AvgIpc) is 2.26. The summed E-state index contributed by atoms with van der Waals surface area (Å²) in [6, 6.07) is 8.72. The van der Waals surface area contributed by atoms with Crippen LogP contribution >= 0.6 is 11.6 Å². The molecule has 2 nitrogen and oxygen atoms in total. The van der Waals surface area contributed by atoms with Gasteiger partial charge in [-0.25, -0.2) is 0 Å². The molecule has 1 aromatic carbocycles. The van der Waals surface area contributed by atoms with Crippen molar-refractivity contribution in [3.8, 4) is 0 Å². The fraction of sp³-hybridized carbons (Fsp3) is 0.538. The lowest BCUT2D eigenvalue weighted by atomic mass is 10.1. The van der Waals surface area contributed by atoms with Gasteiger partial charge in [-0.2, -0.15) is 0 Å². The van der Waals surface area contributed by atoms with E-state index in [0.717, 1.165) is 18.1 Å². The molecule has 90 valence electrons. The molecule has 0 heterocycles. The Morgan fingerprint density at radius 2 is 2.12 bits per heavy atom. The van der Waals surface area contributed by atoms with Crippen LogP contribution in [-0.2, 0) is 4.74 Å². The maximum absolute atomic E-state index is 5.96. The number of hydrogen-bond donors (Lipinski definition) is 1. The molecule has 0 aliphatic rings. The van der Waals surface area contributed by atoms with Crippen molar-refractivity contribution in [2.24, 2.45) is 0 Å². The van der Waals surface area contributed by atoms with Gasteiger partial charge in [-0.1, -0.05) is 23.7 Å². The van der Waals surface area contributed by atoms with Crippen molar-refractivity contribution in [3.63, 3.8) is 0 Å². The molecule has 3 heteroatoms. The van der Waals surface area contributed by atoms with Gasteiger partial charge in [0.2, 0.25) is 0 Å². The zero-order valence-electron chi connectivity index (χ0n) is 10.2. The minimum atomic E-state index is 0.311. The number of methoxy groups -OCH3 is 1. The quantitative estimate of drug-likeness (QED) is 0.824. The predicted molar refractivity (Wildman–Crippen MR) is 69.0 cm³/mol. The molecule has 0 aliphatic heterocycles. The van der Waals surface area contributed by atoms with E-state index in [4.69, 9.17) is 16.3 Å². The summed E-state index contributed by atoms with van der Waals surface area (Å²) in [5, 5.41) is 4.31. The third-order valence-corrected chi connectivity index (χ3v) is 2.87. The molecular weight excluding hydrogens is 222 g/mol. The Labute approximate surface area is 103 Å². The van der Waals surface area contributed by atoms with E-state index >= 15 is 0 Å². The topological polar surface area (TPSA) is 21.3 Å². The van der Waals surface area contributed by atoms with Crippen LogP contribution in [0.15, 0.2) is 24.3 Å². The first-order chi connectivity index (χ1) is 7.63. The largest absolute Gasteiger partial charge is 0.385 e. The van der Waals surface area contributed by atoms with E-state index < -0.39 is 0 Å². The maximum atomic E-state index is 5.96. The fourth-order valence-corrected chi connectivity index (χ4v) is 1.88. The highest BCUT2D eigenvalue weighted by molar-refractivity contribution is 6.30. The summed E-state index contributed by atoms with van der Waals surface area (Å²) in [5.74, 6) is 0. The van der Waals surface area contributed by atoms with Crippen LogP contribution in [0, 0.1) is 0 Å². The van der Waals surface area contributed by atoms with Crippen molar-refractivity contribution in [1.29, 1.82) is 0 Å². The van der Waals surface area contributed by atoms with E-state index in [-0.39, 0.29) is 0 Å². The summed E-state index contributed by atoms with van der Waals surface area (Å²) in [5.41, 5.74) is 1.22. The smallest absolute Gasteiger partial charge is 0.0476 e. The molecule has 0 aromatic heterocycles. The fourth-order valence-electron chi connectivity index (χ4n) is 1.68. The summed E-state index contributed by atoms with van der Waals surface area (Å²) < 4.78 is 5.06. The number of benzene rings is 1. The monoisotopic (exact) mass is 241 g/mol. The van der Waals surface area contributed by atoms with Crippen LogP contribution in [0.1, 0.15) is 31.9 Å². The lowest BCUT2D eigenvalue weighted by molar-refractivity contribution is 0.183. The Kier molecular flexibility index (Phi) is 5.81. The van der Waals surface area contributed by atoms with E-state index in [1.165, 1.54) is 5.56 Å². The van der Waals surface area contributed by atoms with Gasteiger partial charge in [0.1, 0.15) is 0 Å². The predicted octanol–water partition coefficient (Wildman–Crippen LogP) is 3.42. The molecule has 0 bridgehead atoms. The van der Waals surface area contributed by atoms with Crippen molar-refractivity contribution in [3.05, 3.63) is 34.9 Å². The maximum Gasteiger partial charge on any atom is 0.0476 e. The summed E-state index contributed by atoms with van der Waals surface area (Å²) in [4.78, 5) is 0. The third kappa shape index (κ3) is 4.52. The summed E-state index contributed by atoms with van der Waals surface area (Å²) >= 11 is 5.96. The van der Waals surface area contributed by atoms with E-state index in [9.17, 15) is 0 Å². The van der Waals surface area contributed by atoms with E-state index in [2.05, 4.69) is 25.2 Å². The highest BCUT2D eigenvalue weighted by Crippen LogP contribution is 2.18. The lowest BCUT2D eigenvalue weighted by Crippen LogP contribution is -2.29. The Morgan fingerprint density at radius 1 is 1.38 bits per heavy atom. The third-order valence-electron chi connectivity index (χ3n) is 2.64. The molecule has 1 N–H and O–H groups in total. The standard InChI is InChI=1S/C13H20ClNO/c1-10(7-8-16-3)15-11(2)12-5-4-6-13(14)9-12/h4-6,9-11,15H,7-8H2,1-3H3/t10?,11-/m0/s1. The molecule has 0 spiro atoms. The second-order valence-electron chi connectivity index (χ2n) is 4.13. The van der Waals surface area contributed by atoms with Gasteiger partial charge in [0, 0.05) is 30.8 Å². The first-order valence-corrected chi connectivity index (χ1v) is 6.01. The first-order valence-electron chi connectivity index (χ1n) is 5.64.